The number of hydrogen-bond acceptors (Lipinski definition) is 3. The van der Waals surface area contributed by atoms with Gasteiger partial charge in [0.2, 0.25) is 5.91 Å². The average Bonchev–Trinajstić information content (AvgIpc) is 2.59. The highest BCUT2D eigenvalue weighted by Gasteiger charge is 2.23. The summed E-state index contributed by atoms with van der Waals surface area (Å²) in [6.07, 6.45) is 3.24. The molecule has 2 atom stereocenters. The van der Waals surface area contributed by atoms with Gasteiger partial charge in [-0.15, -0.1) is 0 Å². The van der Waals surface area contributed by atoms with Crippen LogP contribution >= 0.6 is 0 Å². The molecule has 0 aliphatic carbocycles. The van der Waals surface area contributed by atoms with E-state index in [0.717, 1.165) is 52.0 Å². The lowest BCUT2D eigenvalue weighted by Crippen LogP contribution is -2.47. The molecule has 0 bridgehead atoms. The zero-order valence-corrected chi connectivity index (χ0v) is 13.5. The molecule has 22 heavy (non-hydrogen) atoms. The summed E-state index contributed by atoms with van der Waals surface area (Å²) in [5, 5.41) is 6.46. The van der Waals surface area contributed by atoms with E-state index < -0.39 is 0 Å². The van der Waals surface area contributed by atoms with Crippen LogP contribution in [-0.4, -0.2) is 43.0 Å². The molecule has 1 amide bonds. The van der Waals surface area contributed by atoms with Gasteiger partial charge in [0.15, 0.2) is 0 Å². The molecule has 4 nitrogen and oxygen atoms in total. The number of piperidine rings is 1. The number of hydrogen-bond donors (Lipinski definition) is 2. The number of amides is 1. The molecular formula is C18H27N3O. The average molecular weight is 301 g/mol. The van der Waals surface area contributed by atoms with Gasteiger partial charge in [-0.25, -0.2) is 0 Å². The van der Waals surface area contributed by atoms with E-state index in [1.807, 2.05) is 0 Å². The molecule has 120 valence electrons. The Bertz CT molecular complexity index is 511. The molecule has 2 aliphatic rings. The summed E-state index contributed by atoms with van der Waals surface area (Å²) >= 11 is 0. The van der Waals surface area contributed by atoms with Crippen molar-refractivity contribution in [3.63, 3.8) is 0 Å². The molecule has 1 saturated heterocycles. The normalized spacial score (nSPS) is 23.6. The van der Waals surface area contributed by atoms with Crippen LogP contribution in [0.25, 0.3) is 0 Å². The fourth-order valence-corrected chi connectivity index (χ4v) is 3.49. The van der Waals surface area contributed by atoms with Crippen LogP contribution < -0.4 is 10.6 Å². The lowest BCUT2D eigenvalue weighted by Gasteiger charge is -2.34. The first kappa shape index (κ1) is 15.5. The van der Waals surface area contributed by atoms with E-state index in [1.165, 1.54) is 11.1 Å². The lowest BCUT2D eigenvalue weighted by atomic mass is 9.98. The van der Waals surface area contributed by atoms with Gasteiger partial charge in [-0.3, -0.25) is 9.69 Å². The third-order valence-electron chi connectivity index (χ3n) is 5.02. The number of nitrogens with one attached hydrogen (secondary N) is 2. The van der Waals surface area contributed by atoms with Gasteiger partial charge in [-0.2, -0.15) is 0 Å². The summed E-state index contributed by atoms with van der Waals surface area (Å²) < 4.78 is 0. The maximum absolute atomic E-state index is 12.2. The van der Waals surface area contributed by atoms with Gasteiger partial charge in [0.1, 0.15) is 0 Å². The second-order valence-corrected chi connectivity index (χ2v) is 6.63. The number of carbonyl (C=O) groups excluding carboxylic acids is 1. The van der Waals surface area contributed by atoms with Gasteiger partial charge in [-0.05, 0) is 43.9 Å². The van der Waals surface area contributed by atoms with Crippen LogP contribution in [0, 0.1) is 5.92 Å². The van der Waals surface area contributed by atoms with Crippen molar-refractivity contribution in [1.29, 1.82) is 0 Å². The third-order valence-corrected chi connectivity index (χ3v) is 5.02. The summed E-state index contributed by atoms with van der Waals surface area (Å²) in [6.45, 7) is 6.92. The minimum atomic E-state index is 0.156. The maximum Gasteiger partial charge on any atom is 0.224 e. The molecule has 4 heteroatoms. The Kier molecular flexibility index (Phi) is 5.11. The topological polar surface area (TPSA) is 44.4 Å². The number of nitrogens with zero attached hydrogens (tertiary/aromatic N) is 1. The maximum atomic E-state index is 12.2. The molecule has 2 heterocycles. The molecule has 2 aliphatic heterocycles. The van der Waals surface area contributed by atoms with E-state index in [4.69, 9.17) is 0 Å². The molecule has 2 N–H and O–H groups in total. The molecule has 0 spiro atoms. The Hall–Kier alpha value is -1.39. The highest BCUT2D eigenvalue weighted by atomic mass is 16.1. The quantitative estimate of drug-likeness (QED) is 0.887. The van der Waals surface area contributed by atoms with Crippen LogP contribution in [-0.2, 0) is 17.8 Å². The van der Waals surface area contributed by atoms with Crippen LogP contribution in [0.3, 0.4) is 0 Å². The standard InChI is InChI=1S/C18H27N3O/c1-14(11-20-18(22)16-7-4-9-19-12-16)21-10-8-15-5-2-3-6-17(15)13-21/h2-3,5-6,14,16,19H,4,7-13H2,1H3,(H,20,22). The van der Waals surface area contributed by atoms with Crippen molar-refractivity contribution in [2.75, 3.05) is 26.2 Å². The first-order valence-corrected chi connectivity index (χ1v) is 8.53. The van der Waals surface area contributed by atoms with Crippen molar-refractivity contribution in [3.8, 4) is 0 Å². The summed E-state index contributed by atoms with van der Waals surface area (Å²) in [6, 6.07) is 9.07. The third kappa shape index (κ3) is 3.68. The smallest absolute Gasteiger partial charge is 0.224 e. The predicted molar refractivity (Wildman–Crippen MR) is 88.6 cm³/mol. The van der Waals surface area contributed by atoms with Gasteiger partial charge >= 0.3 is 0 Å². The molecule has 0 saturated carbocycles. The Labute approximate surface area is 133 Å². The second-order valence-electron chi connectivity index (χ2n) is 6.63. The Morgan fingerprint density at radius 2 is 2.23 bits per heavy atom. The van der Waals surface area contributed by atoms with Gasteiger partial charge < -0.3 is 10.6 Å². The van der Waals surface area contributed by atoms with Crippen LogP contribution in [0.1, 0.15) is 30.9 Å². The zero-order chi connectivity index (χ0) is 15.4. The van der Waals surface area contributed by atoms with Crippen LogP contribution in [0.5, 0.6) is 0 Å². The van der Waals surface area contributed by atoms with Crippen LogP contribution in [0.15, 0.2) is 24.3 Å². The molecule has 3 rings (SSSR count). The van der Waals surface area contributed by atoms with Crippen molar-refractivity contribution in [2.45, 2.75) is 38.8 Å². The second kappa shape index (κ2) is 7.25. The number of benzene rings is 1. The summed E-state index contributed by atoms with van der Waals surface area (Å²) in [5.74, 6) is 0.375. The predicted octanol–water partition coefficient (Wildman–Crippen LogP) is 1.55. The number of rotatable bonds is 4. The molecule has 1 aromatic carbocycles. The van der Waals surface area contributed by atoms with E-state index >= 15 is 0 Å². The fourth-order valence-electron chi connectivity index (χ4n) is 3.49. The molecule has 1 aromatic rings. The Balaban J connectivity index is 1.48. The van der Waals surface area contributed by atoms with Crippen LogP contribution in [0.2, 0.25) is 0 Å². The number of carbonyl (C=O) groups is 1. The SMILES string of the molecule is CC(CNC(=O)C1CCCNC1)N1CCc2ccccc2C1. The van der Waals surface area contributed by atoms with E-state index in [1.54, 1.807) is 0 Å². The van der Waals surface area contributed by atoms with E-state index in [9.17, 15) is 4.79 Å². The van der Waals surface area contributed by atoms with Crippen molar-refractivity contribution in [2.24, 2.45) is 5.92 Å². The summed E-state index contributed by atoms with van der Waals surface area (Å²) in [4.78, 5) is 14.7. The van der Waals surface area contributed by atoms with E-state index in [2.05, 4.69) is 46.7 Å². The number of fused-ring (bicyclic) bond motifs is 1. The minimum Gasteiger partial charge on any atom is -0.354 e. The minimum absolute atomic E-state index is 0.156. The van der Waals surface area contributed by atoms with Crippen molar-refractivity contribution >= 4 is 5.91 Å². The van der Waals surface area contributed by atoms with Gasteiger partial charge in [0.05, 0.1) is 5.92 Å². The summed E-state index contributed by atoms with van der Waals surface area (Å²) in [7, 11) is 0. The Morgan fingerprint density at radius 3 is 3.00 bits per heavy atom. The van der Waals surface area contributed by atoms with Gasteiger partial charge in [0.25, 0.3) is 0 Å². The summed E-state index contributed by atoms with van der Waals surface area (Å²) in [5.41, 5.74) is 2.91. The fraction of sp³-hybridized carbons (Fsp3) is 0.611. The Morgan fingerprint density at radius 1 is 1.41 bits per heavy atom. The van der Waals surface area contributed by atoms with Crippen molar-refractivity contribution in [3.05, 3.63) is 35.4 Å². The molecule has 1 fully saturated rings. The highest BCUT2D eigenvalue weighted by Crippen LogP contribution is 2.20. The highest BCUT2D eigenvalue weighted by molar-refractivity contribution is 5.79. The molecular weight excluding hydrogens is 274 g/mol. The first-order valence-electron chi connectivity index (χ1n) is 8.53. The van der Waals surface area contributed by atoms with Crippen LogP contribution in [0.4, 0.5) is 0 Å². The molecule has 0 aromatic heterocycles. The van der Waals surface area contributed by atoms with Gasteiger partial charge in [0, 0.05) is 32.2 Å². The van der Waals surface area contributed by atoms with Crippen molar-refractivity contribution < 1.29 is 4.79 Å². The van der Waals surface area contributed by atoms with E-state index in [0.29, 0.717) is 6.04 Å². The lowest BCUT2D eigenvalue weighted by molar-refractivity contribution is -0.125. The molecule has 2 unspecified atom stereocenters. The first-order chi connectivity index (χ1) is 10.7. The van der Waals surface area contributed by atoms with Crippen molar-refractivity contribution in [1.82, 2.24) is 15.5 Å². The zero-order valence-electron chi connectivity index (χ0n) is 13.5. The molecule has 0 radical (unpaired) electrons. The largest absolute Gasteiger partial charge is 0.354 e. The van der Waals surface area contributed by atoms with Gasteiger partial charge in [-0.1, -0.05) is 24.3 Å². The monoisotopic (exact) mass is 301 g/mol. The van der Waals surface area contributed by atoms with E-state index in [-0.39, 0.29) is 11.8 Å².